The van der Waals surface area contributed by atoms with Gasteiger partial charge in [-0.05, 0) is 38.8 Å². The maximum absolute atomic E-state index is 12.2. The van der Waals surface area contributed by atoms with Gasteiger partial charge in [0, 0.05) is 0 Å². The molecule has 4 nitrogen and oxygen atoms in total. The number of aliphatic hydroxyl groups excluding tert-OH is 1. The van der Waals surface area contributed by atoms with E-state index in [4.69, 9.17) is 5.11 Å². The van der Waals surface area contributed by atoms with E-state index in [1.165, 1.54) is 0 Å². The lowest BCUT2D eigenvalue weighted by Crippen LogP contribution is -2.50. The Morgan fingerprint density at radius 2 is 2.06 bits per heavy atom. The van der Waals surface area contributed by atoms with Gasteiger partial charge in [-0.15, -0.1) is 0 Å². The van der Waals surface area contributed by atoms with Crippen LogP contribution in [0.3, 0.4) is 0 Å². The quantitative estimate of drug-likeness (QED) is 0.647. The normalized spacial score (nSPS) is 21.4. The van der Waals surface area contributed by atoms with Crippen molar-refractivity contribution < 1.29 is 9.90 Å². The van der Waals surface area contributed by atoms with E-state index in [0.717, 1.165) is 38.8 Å². The fraction of sp³-hybridized carbons (Fsp3) is 0.917. The molecule has 1 amide bonds. The monoisotopic (exact) mass is 228 g/mol. The minimum Gasteiger partial charge on any atom is -0.394 e. The molecule has 0 saturated carbocycles. The van der Waals surface area contributed by atoms with Gasteiger partial charge in [0.1, 0.15) is 0 Å². The molecular formula is C12H24N2O2. The first-order valence-corrected chi connectivity index (χ1v) is 6.31. The van der Waals surface area contributed by atoms with Gasteiger partial charge >= 0.3 is 0 Å². The van der Waals surface area contributed by atoms with Crippen LogP contribution in [-0.4, -0.2) is 36.8 Å². The molecule has 0 aromatic carbocycles. The molecule has 0 aromatic heterocycles. The van der Waals surface area contributed by atoms with Crippen molar-refractivity contribution >= 4 is 5.91 Å². The van der Waals surface area contributed by atoms with Crippen LogP contribution >= 0.6 is 0 Å². The van der Waals surface area contributed by atoms with E-state index in [1.54, 1.807) is 0 Å². The Hall–Kier alpha value is -0.610. The zero-order valence-corrected chi connectivity index (χ0v) is 10.4. The minimum absolute atomic E-state index is 0.0281. The average molecular weight is 228 g/mol. The van der Waals surface area contributed by atoms with E-state index in [9.17, 15) is 4.79 Å². The molecule has 4 heteroatoms. The van der Waals surface area contributed by atoms with Crippen LogP contribution in [-0.2, 0) is 4.79 Å². The number of piperidine rings is 1. The first-order chi connectivity index (χ1) is 7.68. The second-order valence-corrected chi connectivity index (χ2v) is 4.65. The molecule has 1 heterocycles. The van der Waals surface area contributed by atoms with Crippen molar-refractivity contribution in [1.29, 1.82) is 0 Å². The van der Waals surface area contributed by atoms with Gasteiger partial charge in [0.25, 0.3) is 0 Å². The third-order valence-corrected chi connectivity index (χ3v) is 3.77. The number of hydrogen-bond donors (Lipinski definition) is 3. The van der Waals surface area contributed by atoms with Crippen LogP contribution in [0.15, 0.2) is 0 Å². The third-order valence-electron chi connectivity index (χ3n) is 3.77. The predicted molar refractivity (Wildman–Crippen MR) is 64.1 cm³/mol. The van der Waals surface area contributed by atoms with Crippen molar-refractivity contribution in [2.75, 3.05) is 19.7 Å². The number of hydrogen-bond acceptors (Lipinski definition) is 3. The first kappa shape index (κ1) is 13.5. The number of rotatable bonds is 5. The van der Waals surface area contributed by atoms with Gasteiger partial charge in [0.2, 0.25) is 5.91 Å². The summed E-state index contributed by atoms with van der Waals surface area (Å²) in [6.45, 7) is 5.90. The van der Waals surface area contributed by atoms with Crippen molar-refractivity contribution in [3.63, 3.8) is 0 Å². The fourth-order valence-corrected chi connectivity index (χ4v) is 2.26. The third kappa shape index (κ3) is 2.95. The summed E-state index contributed by atoms with van der Waals surface area (Å²) in [5.74, 6) is 0.123. The summed E-state index contributed by atoms with van der Waals surface area (Å²) in [6.07, 6.45) is 3.46. The van der Waals surface area contributed by atoms with Gasteiger partial charge < -0.3 is 15.7 Å². The smallest absolute Gasteiger partial charge is 0.226 e. The maximum Gasteiger partial charge on any atom is 0.226 e. The van der Waals surface area contributed by atoms with Gasteiger partial charge in [0.05, 0.1) is 18.1 Å². The summed E-state index contributed by atoms with van der Waals surface area (Å²) in [5, 5.41) is 15.3. The Labute approximate surface area is 97.8 Å². The van der Waals surface area contributed by atoms with Crippen LogP contribution in [0.25, 0.3) is 0 Å². The summed E-state index contributed by atoms with van der Waals surface area (Å²) >= 11 is 0. The molecule has 16 heavy (non-hydrogen) atoms. The van der Waals surface area contributed by atoms with Crippen LogP contribution in [0, 0.1) is 5.41 Å². The molecule has 1 saturated heterocycles. The van der Waals surface area contributed by atoms with Crippen LogP contribution in [0.2, 0.25) is 0 Å². The Kier molecular flexibility index (Phi) is 5.22. The van der Waals surface area contributed by atoms with Gasteiger partial charge in [-0.1, -0.05) is 13.8 Å². The van der Waals surface area contributed by atoms with Crippen LogP contribution in [0.4, 0.5) is 0 Å². The maximum atomic E-state index is 12.2. The second-order valence-electron chi connectivity index (χ2n) is 4.65. The van der Waals surface area contributed by atoms with Crippen molar-refractivity contribution in [3.05, 3.63) is 0 Å². The van der Waals surface area contributed by atoms with Crippen LogP contribution in [0.1, 0.15) is 39.5 Å². The number of carbonyl (C=O) groups is 1. The Morgan fingerprint density at radius 1 is 1.44 bits per heavy atom. The van der Waals surface area contributed by atoms with Crippen LogP contribution in [0.5, 0.6) is 0 Å². The molecule has 94 valence electrons. The van der Waals surface area contributed by atoms with Gasteiger partial charge in [0.15, 0.2) is 0 Å². The zero-order chi connectivity index (χ0) is 12.0. The van der Waals surface area contributed by atoms with Crippen molar-refractivity contribution in [2.45, 2.75) is 45.6 Å². The highest BCUT2D eigenvalue weighted by atomic mass is 16.3. The highest BCUT2D eigenvalue weighted by Gasteiger charge is 2.38. The molecule has 0 spiro atoms. The van der Waals surface area contributed by atoms with Crippen molar-refractivity contribution in [2.24, 2.45) is 5.41 Å². The highest BCUT2D eigenvalue weighted by molar-refractivity contribution is 5.83. The SMILES string of the molecule is CC[C@H](CO)NC(=O)C1(CC)CCNCC1. The predicted octanol–water partition coefficient (Wildman–Crippen LogP) is 0.653. The van der Waals surface area contributed by atoms with E-state index in [0.29, 0.717) is 0 Å². The van der Waals surface area contributed by atoms with Gasteiger partial charge in [-0.25, -0.2) is 0 Å². The summed E-state index contributed by atoms with van der Waals surface area (Å²) in [6, 6.07) is -0.0918. The molecule has 1 fully saturated rings. The Morgan fingerprint density at radius 3 is 2.50 bits per heavy atom. The number of aliphatic hydroxyl groups is 1. The van der Waals surface area contributed by atoms with Crippen LogP contribution < -0.4 is 10.6 Å². The summed E-state index contributed by atoms with van der Waals surface area (Å²) in [5.41, 5.74) is -0.214. The Bertz CT molecular complexity index is 221. The van der Waals surface area contributed by atoms with E-state index in [1.807, 2.05) is 6.92 Å². The molecule has 1 aliphatic heterocycles. The molecule has 0 aromatic rings. The first-order valence-electron chi connectivity index (χ1n) is 6.31. The molecule has 0 bridgehead atoms. The molecule has 3 N–H and O–H groups in total. The standard InChI is InChI=1S/C12H24N2O2/c1-3-10(9-15)14-11(16)12(4-2)5-7-13-8-6-12/h10,13,15H,3-9H2,1-2H3,(H,14,16)/t10-/m1/s1. The molecule has 1 atom stereocenters. The van der Waals surface area contributed by atoms with Gasteiger partial charge in [-0.2, -0.15) is 0 Å². The lowest BCUT2D eigenvalue weighted by atomic mass is 9.75. The minimum atomic E-state index is -0.214. The lowest BCUT2D eigenvalue weighted by Gasteiger charge is -2.36. The van der Waals surface area contributed by atoms with Crippen molar-refractivity contribution in [3.8, 4) is 0 Å². The van der Waals surface area contributed by atoms with E-state index in [2.05, 4.69) is 17.6 Å². The molecule has 0 radical (unpaired) electrons. The number of carbonyl (C=O) groups excluding carboxylic acids is 1. The van der Waals surface area contributed by atoms with Crippen molar-refractivity contribution in [1.82, 2.24) is 10.6 Å². The topological polar surface area (TPSA) is 61.4 Å². The Balaban J connectivity index is 2.61. The van der Waals surface area contributed by atoms with E-state index >= 15 is 0 Å². The molecular weight excluding hydrogens is 204 g/mol. The zero-order valence-electron chi connectivity index (χ0n) is 10.4. The molecule has 1 rings (SSSR count). The largest absolute Gasteiger partial charge is 0.394 e. The summed E-state index contributed by atoms with van der Waals surface area (Å²) in [7, 11) is 0. The average Bonchev–Trinajstić information content (AvgIpc) is 2.36. The second kappa shape index (κ2) is 6.21. The molecule has 1 aliphatic rings. The highest BCUT2D eigenvalue weighted by Crippen LogP contribution is 2.32. The van der Waals surface area contributed by atoms with Gasteiger partial charge in [-0.3, -0.25) is 4.79 Å². The summed E-state index contributed by atoms with van der Waals surface area (Å²) < 4.78 is 0. The molecule has 0 unspecified atom stereocenters. The molecule has 0 aliphatic carbocycles. The summed E-state index contributed by atoms with van der Waals surface area (Å²) in [4.78, 5) is 12.2. The van der Waals surface area contributed by atoms with E-state index in [-0.39, 0.29) is 24.0 Å². The number of nitrogens with one attached hydrogen (secondary N) is 2. The number of amides is 1. The fourth-order valence-electron chi connectivity index (χ4n) is 2.26. The lowest BCUT2D eigenvalue weighted by molar-refractivity contribution is -0.134. The van der Waals surface area contributed by atoms with E-state index < -0.39 is 0 Å².